The first-order chi connectivity index (χ1) is 12.7. The van der Waals surface area contributed by atoms with Gasteiger partial charge < -0.3 is 24.8 Å². The van der Waals surface area contributed by atoms with Crippen molar-refractivity contribution < 1.29 is 19.0 Å². The maximum Gasteiger partial charge on any atom is 0.253 e. The Bertz CT molecular complexity index is 695. The molecular formula is C20H24N2O4. The third-order valence-electron chi connectivity index (χ3n) is 4.13. The van der Waals surface area contributed by atoms with Gasteiger partial charge in [0.25, 0.3) is 5.91 Å². The van der Waals surface area contributed by atoms with Gasteiger partial charge in [0.05, 0.1) is 7.11 Å². The largest absolute Gasteiger partial charge is 0.497 e. The second kappa shape index (κ2) is 9.10. The summed E-state index contributed by atoms with van der Waals surface area (Å²) >= 11 is 0. The van der Waals surface area contributed by atoms with E-state index in [1.165, 1.54) is 0 Å². The van der Waals surface area contributed by atoms with Crippen molar-refractivity contribution in [3.05, 3.63) is 48.5 Å². The highest BCUT2D eigenvalue weighted by Crippen LogP contribution is 2.18. The van der Waals surface area contributed by atoms with E-state index in [4.69, 9.17) is 14.2 Å². The number of rotatable bonds is 8. The summed E-state index contributed by atoms with van der Waals surface area (Å²) in [5.41, 5.74) is 1.74. The fourth-order valence-electron chi connectivity index (χ4n) is 2.71. The molecule has 0 aromatic heterocycles. The van der Waals surface area contributed by atoms with Crippen LogP contribution in [0.3, 0.4) is 0 Å². The lowest BCUT2D eigenvalue weighted by Gasteiger charge is -2.12. The second-order valence-electron chi connectivity index (χ2n) is 6.02. The predicted octanol–water partition coefficient (Wildman–Crippen LogP) is 3.30. The average molecular weight is 356 g/mol. The molecule has 1 atom stereocenters. The molecule has 1 fully saturated rings. The van der Waals surface area contributed by atoms with Gasteiger partial charge in [-0.25, -0.2) is 0 Å². The van der Waals surface area contributed by atoms with Crippen molar-refractivity contribution in [2.75, 3.05) is 37.5 Å². The van der Waals surface area contributed by atoms with Gasteiger partial charge in [-0.1, -0.05) is 0 Å². The van der Waals surface area contributed by atoms with E-state index < -0.39 is 0 Å². The molecule has 1 aliphatic rings. The Balaban J connectivity index is 1.39. The van der Waals surface area contributed by atoms with Crippen molar-refractivity contribution in [3.63, 3.8) is 0 Å². The smallest absolute Gasteiger partial charge is 0.253 e. The van der Waals surface area contributed by atoms with Crippen molar-refractivity contribution in [1.82, 2.24) is 0 Å². The molecule has 2 N–H and O–H groups in total. The van der Waals surface area contributed by atoms with Crippen LogP contribution in [0.15, 0.2) is 48.5 Å². The van der Waals surface area contributed by atoms with Crippen LogP contribution >= 0.6 is 0 Å². The van der Waals surface area contributed by atoms with Gasteiger partial charge in [-0.15, -0.1) is 0 Å². The molecule has 2 aromatic carbocycles. The summed E-state index contributed by atoms with van der Waals surface area (Å²) in [6.07, 6.45) is 1.42. The summed E-state index contributed by atoms with van der Waals surface area (Å²) in [7, 11) is 1.64. The van der Waals surface area contributed by atoms with Gasteiger partial charge in [-0.3, -0.25) is 4.79 Å². The fourth-order valence-corrected chi connectivity index (χ4v) is 2.71. The van der Waals surface area contributed by atoms with Gasteiger partial charge in [0.1, 0.15) is 24.2 Å². The molecule has 0 bridgehead atoms. The normalized spacial score (nSPS) is 16.1. The lowest BCUT2D eigenvalue weighted by molar-refractivity contribution is -0.124. The van der Waals surface area contributed by atoms with E-state index in [0.29, 0.717) is 19.8 Å². The minimum atomic E-state index is -0.317. The summed E-state index contributed by atoms with van der Waals surface area (Å²) in [6, 6.07) is 15.1. The van der Waals surface area contributed by atoms with Crippen LogP contribution in [-0.4, -0.2) is 38.9 Å². The standard InChI is InChI=1S/C20H24N2O4/c1-24-17-8-10-18(11-9-17)25-14-12-21-15-4-6-16(7-5-15)22-20(23)19-3-2-13-26-19/h4-11,19,21H,2-3,12-14H2,1H3,(H,22,23). The molecule has 26 heavy (non-hydrogen) atoms. The van der Waals surface area contributed by atoms with Gasteiger partial charge in [-0.05, 0) is 61.4 Å². The molecule has 0 saturated carbocycles. The van der Waals surface area contributed by atoms with E-state index in [0.717, 1.165) is 35.7 Å². The number of carbonyl (C=O) groups excluding carboxylic acids is 1. The Morgan fingerprint density at radius 3 is 2.42 bits per heavy atom. The third-order valence-corrected chi connectivity index (χ3v) is 4.13. The minimum Gasteiger partial charge on any atom is -0.497 e. The molecule has 138 valence electrons. The third kappa shape index (κ3) is 5.13. The topological polar surface area (TPSA) is 68.8 Å². The highest BCUT2D eigenvalue weighted by Gasteiger charge is 2.23. The molecule has 3 rings (SSSR count). The van der Waals surface area contributed by atoms with Crippen LogP contribution in [0.2, 0.25) is 0 Å². The van der Waals surface area contributed by atoms with E-state index >= 15 is 0 Å². The first kappa shape index (κ1) is 18.1. The van der Waals surface area contributed by atoms with Crippen molar-refractivity contribution in [2.24, 2.45) is 0 Å². The quantitative estimate of drug-likeness (QED) is 0.710. The van der Waals surface area contributed by atoms with Crippen molar-refractivity contribution >= 4 is 17.3 Å². The van der Waals surface area contributed by atoms with Crippen LogP contribution in [0, 0.1) is 0 Å². The lowest BCUT2D eigenvalue weighted by Crippen LogP contribution is -2.26. The summed E-state index contributed by atoms with van der Waals surface area (Å²) < 4.78 is 16.2. The Labute approximate surface area is 153 Å². The van der Waals surface area contributed by atoms with E-state index in [9.17, 15) is 4.79 Å². The molecule has 6 heteroatoms. The maximum absolute atomic E-state index is 12.0. The highest BCUT2D eigenvalue weighted by atomic mass is 16.5. The van der Waals surface area contributed by atoms with Crippen LogP contribution < -0.4 is 20.1 Å². The fraction of sp³-hybridized carbons (Fsp3) is 0.350. The summed E-state index contributed by atoms with van der Waals surface area (Å²) in [4.78, 5) is 12.0. The molecule has 1 saturated heterocycles. The van der Waals surface area contributed by atoms with Crippen LogP contribution in [0.25, 0.3) is 0 Å². The number of methoxy groups -OCH3 is 1. The molecule has 1 heterocycles. The molecule has 0 spiro atoms. The van der Waals surface area contributed by atoms with E-state index in [1.54, 1.807) is 7.11 Å². The number of hydrogen-bond donors (Lipinski definition) is 2. The van der Waals surface area contributed by atoms with Crippen LogP contribution in [0.4, 0.5) is 11.4 Å². The molecular weight excluding hydrogens is 332 g/mol. The Kier molecular flexibility index (Phi) is 6.33. The SMILES string of the molecule is COc1ccc(OCCNc2ccc(NC(=O)C3CCCO3)cc2)cc1. The van der Waals surface area contributed by atoms with E-state index in [1.807, 2.05) is 48.5 Å². The predicted molar refractivity (Wildman–Crippen MR) is 101 cm³/mol. The summed E-state index contributed by atoms with van der Waals surface area (Å²) in [6.45, 7) is 1.89. The molecule has 1 unspecified atom stereocenters. The van der Waals surface area contributed by atoms with Gasteiger partial charge in [0.2, 0.25) is 0 Å². The van der Waals surface area contributed by atoms with Crippen molar-refractivity contribution in [1.29, 1.82) is 0 Å². The first-order valence-electron chi connectivity index (χ1n) is 8.78. The van der Waals surface area contributed by atoms with Crippen LogP contribution in [-0.2, 0) is 9.53 Å². The van der Waals surface area contributed by atoms with E-state index in [2.05, 4.69) is 10.6 Å². The van der Waals surface area contributed by atoms with Gasteiger partial charge in [0, 0.05) is 24.5 Å². The number of hydrogen-bond acceptors (Lipinski definition) is 5. The Morgan fingerprint density at radius 1 is 1.08 bits per heavy atom. The molecule has 1 amide bonds. The van der Waals surface area contributed by atoms with Crippen molar-refractivity contribution in [2.45, 2.75) is 18.9 Å². The molecule has 2 aromatic rings. The average Bonchev–Trinajstić information content (AvgIpc) is 3.22. The summed E-state index contributed by atoms with van der Waals surface area (Å²) in [5.74, 6) is 1.54. The molecule has 6 nitrogen and oxygen atoms in total. The van der Waals surface area contributed by atoms with E-state index in [-0.39, 0.29) is 12.0 Å². The zero-order chi connectivity index (χ0) is 18.2. The Morgan fingerprint density at radius 2 is 1.77 bits per heavy atom. The lowest BCUT2D eigenvalue weighted by atomic mass is 10.2. The molecule has 1 aliphatic heterocycles. The van der Waals surface area contributed by atoms with Gasteiger partial charge in [0.15, 0.2) is 0 Å². The number of nitrogens with one attached hydrogen (secondary N) is 2. The van der Waals surface area contributed by atoms with Gasteiger partial charge in [-0.2, -0.15) is 0 Å². The number of ether oxygens (including phenoxy) is 3. The Hall–Kier alpha value is -2.73. The maximum atomic E-state index is 12.0. The monoisotopic (exact) mass is 356 g/mol. The molecule has 0 aliphatic carbocycles. The van der Waals surface area contributed by atoms with Gasteiger partial charge >= 0.3 is 0 Å². The van der Waals surface area contributed by atoms with Crippen LogP contribution in [0.1, 0.15) is 12.8 Å². The zero-order valence-electron chi connectivity index (χ0n) is 14.9. The highest BCUT2D eigenvalue weighted by molar-refractivity contribution is 5.94. The van der Waals surface area contributed by atoms with Crippen LogP contribution in [0.5, 0.6) is 11.5 Å². The molecule has 0 radical (unpaired) electrons. The number of amides is 1. The number of carbonyl (C=O) groups is 1. The number of anilines is 2. The minimum absolute atomic E-state index is 0.0731. The zero-order valence-corrected chi connectivity index (χ0v) is 14.9. The van der Waals surface area contributed by atoms with Crippen molar-refractivity contribution in [3.8, 4) is 11.5 Å². The number of benzene rings is 2. The summed E-state index contributed by atoms with van der Waals surface area (Å²) in [5, 5.41) is 6.17. The second-order valence-corrected chi connectivity index (χ2v) is 6.02. The first-order valence-corrected chi connectivity index (χ1v) is 8.78.